The van der Waals surface area contributed by atoms with E-state index in [-0.39, 0.29) is 17.7 Å². The van der Waals surface area contributed by atoms with Crippen LogP contribution in [0.25, 0.3) is 0 Å². The van der Waals surface area contributed by atoms with Crippen molar-refractivity contribution in [3.63, 3.8) is 0 Å². The standard InChI is InChI=1S/C11H14BrF3N4/c1-6(2)17-10(19-16)18-9-5-7(11(13,14)15)3-4-8(9)12/h3-6H,16H2,1-2H3,(H2,17,18,19). The number of aliphatic imine (C=N–C) groups is 1. The Balaban J connectivity index is 3.06. The van der Waals surface area contributed by atoms with Crippen molar-refractivity contribution in [2.45, 2.75) is 26.1 Å². The number of halogens is 4. The lowest BCUT2D eigenvalue weighted by molar-refractivity contribution is -0.137. The zero-order valence-corrected chi connectivity index (χ0v) is 11.9. The van der Waals surface area contributed by atoms with Crippen LogP contribution in [0.3, 0.4) is 0 Å². The molecule has 0 spiro atoms. The van der Waals surface area contributed by atoms with Crippen LogP contribution in [0.4, 0.5) is 18.9 Å². The van der Waals surface area contributed by atoms with E-state index in [0.29, 0.717) is 4.47 Å². The highest BCUT2D eigenvalue weighted by Crippen LogP contribution is 2.33. The molecule has 0 saturated heterocycles. The van der Waals surface area contributed by atoms with Crippen LogP contribution in [0.2, 0.25) is 0 Å². The number of benzene rings is 1. The second-order valence-electron chi connectivity index (χ2n) is 4.03. The van der Waals surface area contributed by atoms with E-state index in [9.17, 15) is 13.2 Å². The van der Waals surface area contributed by atoms with Crippen molar-refractivity contribution in [2.75, 3.05) is 5.32 Å². The number of hydrogen-bond acceptors (Lipinski definition) is 2. The summed E-state index contributed by atoms with van der Waals surface area (Å²) in [6.07, 6.45) is -4.40. The number of rotatable bonds is 2. The quantitative estimate of drug-likeness (QED) is 0.336. The fraction of sp³-hybridized carbons (Fsp3) is 0.364. The smallest absolute Gasteiger partial charge is 0.324 e. The summed E-state index contributed by atoms with van der Waals surface area (Å²) in [5.74, 6) is 5.45. The normalized spacial score (nSPS) is 12.7. The molecule has 1 aromatic rings. The van der Waals surface area contributed by atoms with E-state index in [2.05, 4.69) is 31.7 Å². The zero-order valence-electron chi connectivity index (χ0n) is 10.3. The van der Waals surface area contributed by atoms with Gasteiger partial charge in [0.05, 0.1) is 11.3 Å². The fourth-order valence-corrected chi connectivity index (χ4v) is 1.63. The molecule has 0 atom stereocenters. The molecule has 0 aliphatic carbocycles. The van der Waals surface area contributed by atoms with Gasteiger partial charge in [0.15, 0.2) is 0 Å². The minimum absolute atomic E-state index is 0.0527. The summed E-state index contributed by atoms with van der Waals surface area (Å²) in [4.78, 5) is 4.09. The first-order chi connectivity index (χ1) is 8.74. The maximum Gasteiger partial charge on any atom is 0.416 e. The molecule has 0 fully saturated rings. The average Bonchev–Trinajstić information content (AvgIpc) is 2.28. The molecular formula is C11H14BrF3N4. The molecule has 0 aliphatic heterocycles. The highest BCUT2D eigenvalue weighted by Gasteiger charge is 2.31. The molecule has 0 unspecified atom stereocenters. The van der Waals surface area contributed by atoms with Crippen LogP contribution >= 0.6 is 15.9 Å². The second kappa shape index (κ2) is 6.25. The van der Waals surface area contributed by atoms with Crippen LogP contribution in [0.5, 0.6) is 0 Å². The Bertz CT molecular complexity index is 471. The van der Waals surface area contributed by atoms with Gasteiger partial charge in [0.1, 0.15) is 0 Å². The summed E-state index contributed by atoms with van der Waals surface area (Å²) in [6.45, 7) is 3.64. The van der Waals surface area contributed by atoms with E-state index in [1.807, 2.05) is 13.8 Å². The first kappa shape index (κ1) is 15.8. The van der Waals surface area contributed by atoms with Crippen molar-refractivity contribution in [2.24, 2.45) is 10.8 Å². The molecule has 1 rings (SSSR count). The topological polar surface area (TPSA) is 62.4 Å². The molecule has 0 bridgehead atoms. The molecule has 8 heteroatoms. The van der Waals surface area contributed by atoms with Crippen molar-refractivity contribution in [3.05, 3.63) is 28.2 Å². The minimum Gasteiger partial charge on any atom is -0.324 e. The molecule has 0 aromatic heterocycles. The van der Waals surface area contributed by atoms with E-state index < -0.39 is 11.7 Å². The van der Waals surface area contributed by atoms with Gasteiger partial charge in [-0.25, -0.2) is 10.8 Å². The minimum atomic E-state index is -4.40. The molecule has 1 aromatic carbocycles. The van der Waals surface area contributed by atoms with Crippen LogP contribution in [-0.2, 0) is 6.18 Å². The van der Waals surface area contributed by atoms with Crippen molar-refractivity contribution in [1.82, 2.24) is 5.43 Å². The number of alkyl halides is 3. The van der Waals surface area contributed by atoms with Crippen molar-refractivity contribution in [3.8, 4) is 0 Å². The summed E-state index contributed by atoms with van der Waals surface area (Å²) < 4.78 is 38.3. The third-order valence-corrected chi connectivity index (χ3v) is 2.76. The van der Waals surface area contributed by atoms with Crippen LogP contribution in [0.15, 0.2) is 27.7 Å². The summed E-state index contributed by atoms with van der Waals surface area (Å²) in [5, 5.41) is 2.71. The lowest BCUT2D eigenvalue weighted by Crippen LogP contribution is -2.37. The number of hydrogen-bond donors (Lipinski definition) is 3. The Labute approximate surface area is 117 Å². The largest absolute Gasteiger partial charge is 0.416 e. The van der Waals surface area contributed by atoms with Crippen molar-refractivity contribution < 1.29 is 13.2 Å². The second-order valence-corrected chi connectivity index (χ2v) is 4.89. The predicted octanol–water partition coefficient (Wildman–Crippen LogP) is 3.11. The molecule has 0 radical (unpaired) electrons. The number of nitrogens with one attached hydrogen (secondary N) is 2. The van der Waals surface area contributed by atoms with E-state index in [1.165, 1.54) is 6.07 Å². The van der Waals surface area contributed by atoms with Crippen LogP contribution in [0, 0.1) is 0 Å². The van der Waals surface area contributed by atoms with Crippen molar-refractivity contribution in [1.29, 1.82) is 0 Å². The Kier molecular flexibility index (Phi) is 5.19. The molecule has 4 nitrogen and oxygen atoms in total. The lowest BCUT2D eigenvalue weighted by atomic mass is 10.2. The summed E-state index contributed by atoms with van der Waals surface area (Å²) in [7, 11) is 0. The Morgan fingerprint density at radius 3 is 2.47 bits per heavy atom. The van der Waals surface area contributed by atoms with Gasteiger partial charge in [0.25, 0.3) is 0 Å². The first-order valence-corrected chi connectivity index (χ1v) is 6.21. The van der Waals surface area contributed by atoms with E-state index in [4.69, 9.17) is 5.84 Å². The van der Waals surface area contributed by atoms with E-state index in [0.717, 1.165) is 12.1 Å². The van der Waals surface area contributed by atoms with Gasteiger partial charge in [-0.05, 0) is 48.0 Å². The summed E-state index contributed by atoms with van der Waals surface area (Å²) >= 11 is 3.17. The molecule has 19 heavy (non-hydrogen) atoms. The number of nitrogens with zero attached hydrogens (tertiary/aromatic N) is 1. The van der Waals surface area contributed by atoms with Gasteiger partial charge < -0.3 is 5.32 Å². The van der Waals surface area contributed by atoms with Gasteiger partial charge in [-0.3, -0.25) is 5.43 Å². The number of guanidine groups is 1. The van der Waals surface area contributed by atoms with Gasteiger partial charge in [0.2, 0.25) is 5.96 Å². The van der Waals surface area contributed by atoms with E-state index >= 15 is 0 Å². The van der Waals surface area contributed by atoms with Gasteiger partial charge in [-0.15, -0.1) is 0 Å². The van der Waals surface area contributed by atoms with Gasteiger partial charge in [-0.1, -0.05) is 0 Å². The lowest BCUT2D eigenvalue weighted by Gasteiger charge is -2.14. The Morgan fingerprint density at radius 2 is 2.00 bits per heavy atom. The molecule has 0 heterocycles. The molecule has 0 saturated carbocycles. The Morgan fingerprint density at radius 1 is 1.37 bits per heavy atom. The highest BCUT2D eigenvalue weighted by molar-refractivity contribution is 9.10. The highest BCUT2D eigenvalue weighted by atomic mass is 79.9. The third kappa shape index (κ3) is 4.71. The maximum atomic E-state index is 12.6. The molecule has 106 valence electrons. The monoisotopic (exact) mass is 338 g/mol. The Hall–Kier alpha value is -1.28. The SMILES string of the molecule is CC(C)N=C(NN)Nc1cc(C(F)(F)F)ccc1Br. The fourth-order valence-electron chi connectivity index (χ4n) is 1.29. The summed E-state index contributed by atoms with van der Waals surface area (Å²) in [5.41, 5.74) is 1.78. The number of hydrazine groups is 1. The maximum absolute atomic E-state index is 12.6. The van der Waals surface area contributed by atoms with Crippen LogP contribution in [-0.4, -0.2) is 12.0 Å². The van der Waals surface area contributed by atoms with Gasteiger partial charge in [-0.2, -0.15) is 13.2 Å². The predicted molar refractivity (Wildman–Crippen MR) is 72.7 cm³/mol. The van der Waals surface area contributed by atoms with Gasteiger partial charge in [0, 0.05) is 10.5 Å². The van der Waals surface area contributed by atoms with Crippen molar-refractivity contribution >= 4 is 27.6 Å². The third-order valence-electron chi connectivity index (χ3n) is 2.07. The molecule has 4 N–H and O–H groups in total. The number of nitrogens with two attached hydrogens (primary N) is 1. The summed E-state index contributed by atoms with van der Waals surface area (Å²) in [6, 6.07) is 3.24. The first-order valence-electron chi connectivity index (χ1n) is 5.42. The molecule has 0 amide bonds. The van der Waals surface area contributed by atoms with Crippen LogP contribution < -0.4 is 16.6 Å². The van der Waals surface area contributed by atoms with E-state index in [1.54, 1.807) is 0 Å². The molecular weight excluding hydrogens is 325 g/mol. The number of anilines is 1. The average molecular weight is 339 g/mol. The van der Waals surface area contributed by atoms with Gasteiger partial charge >= 0.3 is 6.18 Å². The molecule has 0 aliphatic rings. The zero-order chi connectivity index (χ0) is 14.6. The van der Waals surface area contributed by atoms with Crippen LogP contribution in [0.1, 0.15) is 19.4 Å².